The molecule has 0 aromatic carbocycles. The van der Waals surface area contributed by atoms with Gasteiger partial charge in [-0.3, -0.25) is 9.59 Å². The third kappa shape index (κ3) is 49.5. The number of unbranched alkanes of at least 4 members (excludes halogenated alkanes) is 6. The molecule has 14 heteroatoms. The number of aliphatic hydroxyl groups is 1. The van der Waals surface area contributed by atoms with Gasteiger partial charge in [0.1, 0.15) is 13.2 Å². The maximum atomic E-state index is 10.8. The third-order valence-electron chi connectivity index (χ3n) is 8.67. The van der Waals surface area contributed by atoms with Gasteiger partial charge in [-0.2, -0.15) is 10.5 Å². The summed E-state index contributed by atoms with van der Waals surface area (Å²) in [6, 6.07) is 4.22. The fourth-order valence-corrected chi connectivity index (χ4v) is 5.68. The summed E-state index contributed by atoms with van der Waals surface area (Å²) in [6.45, 7) is 8.50. The Kier molecular flexibility index (Phi) is 52.6. The van der Waals surface area contributed by atoms with Crippen molar-refractivity contribution in [3.63, 3.8) is 0 Å². The second-order valence-corrected chi connectivity index (χ2v) is 14.8. The second-order valence-electron chi connectivity index (χ2n) is 14.1. The number of nitrogens with zero attached hydrogens (tertiary/aromatic N) is 2. The van der Waals surface area contributed by atoms with Crippen LogP contribution in [-0.2, 0) is 47.5 Å². The Balaban J connectivity index is 0. The van der Waals surface area contributed by atoms with Crippen molar-refractivity contribution in [2.75, 3.05) is 64.8 Å². The van der Waals surface area contributed by atoms with Gasteiger partial charge >= 0.3 is 11.9 Å². The summed E-state index contributed by atoms with van der Waals surface area (Å²) in [5.74, 6) is 8.08. The third-order valence-corrected chi connectivity index (χ3v) is 9.04. The quantitative estimate of drug-likeness (QED) is 0.0318. The largest absolute Gasteiger partial charge is 0.466 e. The van der Waals surface area contributed by atoms with Crippen LogP contribution in [0.4, 0.5) is 0 Å². The predicted octanol–water partition coefficient (Wildman–Crippen LogP) is 10.1. The minimum absolute atomic E-state index is 0.00232. The average molecular weight is 964 g/mol. The first-order valence-corrected chi connectivity index (χ1v) is 24.3. The average Bonchev–Trinajstić information content (AvgIpc) is 3.32. The van der Waals surface area contributed by atoms with Crippen LogP contribution in [0.15, 0.2) is 36.5 Å². The van der Waals surface area contributed by atoms with Gasteiger partial charge in [0.15, 0.2) is 18.9 Å². The number of rotatable bonds is 24. The predicted molar refractivity (Wildman–Crippen MR) is 253 cm³/mol. The maximum absolute atomic E-state index is 10.8. The van der Waals surface area contributed by atoms with E-state index in [9.17, 15) is 9.59 Å². The van der Waals surface area contributed by atoms with Crippen LogP contribution < -0.4 is 0 Å². The molecule has 3 saturated heterocycles. The summed E-state index contributed by atoms with van der Waals surface area (Å²) in [4.78, 5) is 21.6. The van der Waals surface area contributed by atoms with Gasteiger partial charge in [-0.1, -0.05) is 64.2 Å². The summed E-state index contributed by atoms with van der Waals surface area (Å²) < 4.78 is 41.7. The molecule has 1 N–H and O–H groups in total. The molecule has 3 aliphatic heterocycles. The number of alkyl halides is 1. The number of hydrogen-bond donors (Lipinski definition) is 1. The van der Waals surface area contributed by atoms with Crippen LogP contribution in [0, 0.1) is 46.8 Å². The molecule has 0 bridgehead atoms. The van der Waals surface area contributed by atoms with E-state index in [0.717, 1.165) is 115 Å². The van der Waals surface area contributed by atoms with E-state index in [1.54, 1.807) is 13.0 Å². The van der Waals surface area contributed by atoms with E-state index in [2.05, 4.69) is 58.0 Å². The van der Waals surface area contributed by atoms with E-state index >= 15 is 0 Å². The maximum Gasteiger partial charge on any atom is 0.305 e. The number of esters is 2. The molecule has 3 rings (SSSR count). The number of carbonyl (C=O) groups excluding carboxylic acids is 2. The van der Waals surface area contributed by atoms with Crippen molar-refractivity contribution in [2.45, 2.75) is 168 Å². The summed E-state index contributed by atoms with van der Waals surface area (Å²) in [5, 5.41) is 25.9. The fourth-order valence-electron chi connectivity index (χ4n) is 5.41. The molecule has 3 unspecified atom stereocenters. The van der Waals surface area contributed by atoms with Gasteiger partial charge < -0.3 is 43.0 Å². The Morgan fingerprint density at radius 1 is 0.641 bits per heavy atom. The van der Waals surface area contributed by atoms with Crippen molar-refractivity contribution in [2.24, 2.45) is 0 Å². The molecule has 64 heavy (non-hydrogen) atoms. The monoisotopic (exact) mass is 962 g/mol. The number of carbonyl (C=O) groups is 2. The lowest BCUT2D eigenvalue weighted by molar-refractivity contribution is -0.155. The zero-order chi connectivity index (χ0) is 47.2. The lowest BCUT2D eigenvalue weighted by Crippen LogP contribution is -2.22. The summed E-state index contributed by atoms with van der Waals surface area (Å²) in [7, 11) is 0. The Morgan fingerprint density at radius 2 is 1.12 bits per heavy atom. The Morgan fingerprint density at radius 3 is 1.59 bits per heavy atom. The normalized spacial score (nSPS) is 17.7. The van der Waals surface area contributed by atoms with Crippen LogP contribution in [0.5, 0.6) is 0 Å². The van der Waals surface area contributed by atoms with Crippen LogP contribution in [0.1, 0.15) is 149 Å². The Labute approximate surface area is 394 Å². The van der Waals surface area contributed by atoms with Crippen LogP contribution in [0.2, 0.25) is 0 Å². The lowest BCUT2D eigenvalue weighted by atomic mass is 10.2. The second kappa shape index (κ2) is 53.8. The van der Waals surface area contributed by atoms with Gasteiger partial charge in [0.05, 0.1) is 38.6 Å². The van der Waals surface area contributed by atoms with Crippen LogP contribution in [-0.4, -0.2) is 101 Å². The van der Waals surface area contributed by atoms with Crippen LogP contribution >= 0.6 is 15.9 Å². The highest BCUT2D eigenvalue weighted by Gasteiger charge is 2.14. The van der Waals surface area contributed by atoms with Crippen molar-refractivity contribution in [3.8, 4) is 36.3 Å². The molecule has 0 aromatic rings. The minimum Gasteiger partial charge on any atom is -0.466 e. The highest BCUT2D eigenvalue weighted by Crippen LogP contribution is 2.15. The van der Waals surface area contributed by atoms with Gasteiger partial charge in [-0.25, -0.2) is 0 Å². The van der Waals surface area contributed by atoms with E-state index in [-0.39, 0.29) is 37.4 Å². The molecule has 0 saturated carbocycles. The van der Waals surface area contributed by atoms with Crippen LogP contribution in [0.3, 0.4) is 0 Å². The minimum atomic E-state index is -0.144. The molecule has 3 fully saturated rings. The number of nitriles is 2. The van der Waals surface area contributed by atoms with Gasteiger partial charge in [0.25, 0.3) is 0 Å². The lowest BCUT2D eigenvalue weighted by Gasteiger charge is -2.21. The molecular formula is C50H79BrN2O11. The number of hydrogen-bond acceptors (Lipinski definition) is 13. The highest BCUT2D eigenvalue weighted by molar-refractivity contribution is 9.09. The number of halogens is 1. The van der Waals surface area contributed by atoms with E-state index in [0.29, 0.717) is 58.7 Å². The highest BCUT2D eigenvalue weighted by atomic mass is 79.9. The Hall–Kier alpha value is -3.54. The first kappa shape index (κ1) is 62.5. The smallest absolute Gasteiger partial charge is 0.305 e. The van der Waals surface area contributed by atoms with Crippen LogP contribution in [0.25, 0.3) is 0 Å². The summed E-state index contributed by atoms with van der Waals surface area (Å²) in [5.41, 5.74) is 0. The number of allylic oxidation sites excluding steroid dienone is 4. The van der Waals surface area contributed by atoms with Gasteiger partial charge in [-0.05, 0) is 117 Å². The first-order chi connectivity index (χ1) is 31.4. The number of aliphatic hydroxyl groups excluding tert-OH is 1. The molecule has 13 nitrogen and oxygen atoms in total. The standard InChI is InChI=1S/C12H19NO2.C12H17NO2.C9H15BrO2.C9H16O3.C8H12O2/c2*13-9-5-2-1-3-6-10-14-12-8-4-7-11-15-12;2*1-2-12-9(11)7-5-3-4-6-8-10;1-2-6-9-8-5-3-4-7-10-8/h3,6,12H,1-2,4-5,7-8,10-11H2;12H,1-2,4-5,7-8,10-11H2;4,6H,2-3,5,7-8H2,1H3;4,6,10H,2-3,5,7-8H2,1H3;1,8H,3-7H2/b6-3-;;2*6-4-;. The van der Waals surface area contributed by atoms with E-state index in [1.165, 1.54) is 19.3 Å². The summed E-state index contributed by atoms with van der Waals surface area (Å²) in [6.07, 6.45) is 35.8. The number of ether oxygens (including phenoxy) is 8. The van der Waals surface area contributed by atoms with Gasteiger partial charge in [-0.15, -0.1) is 12.3 Å². The topological polar surface area (TPSA) is 176 Å². The molecule has 362 valence electrons. The first-order valence-electron chi connectivity index (χ1n) is 23.2. The van der Waals surface area contributed by atoms with Gasteiger partial charge in [0.2, 0.25) is 0 Å². The molecule has 3 heterocycles. The number of terminal acetylenes is 1. The SMILES string of the molecule is C#CCOC1CCCCO1.CCOC(=O)CCC/C=C\CBr.CCOC(=O)CCC/C=C\CO.N#CCCC/C=C\COC1CCCCO1.N#CCCCC#CCOC1CCCCO1. The molecular weight excluding hydrogens is 884 g/mol. The van der Waals surface area contributed by atoms with Crippen molar-refractivity contribution >= 4 is 27.9 Å². The molecule has 0 aliphatic carbocycles. The van der Waals surface area contributed by atoms with Gasteiger partial charge in [0, 0.05) is 57.3 Å². The van der Waals surface area contributed by atoms with E-state index < -0.39 is 0 Å². The van der Waals surface area contributed by atoms with Crippen molar-refractivity contribution in [3.05, 3.63) is 36.5 Å². The fraction of sp³-hybridized carbons (Fsp3) is 0.720. The molecule has 3 aliphatic rings. The molecule has 0 spiro atoms. The summed E-state index contributed by atoms with van der Waals surface area (Å²) >= 11 is 3.28. The zero-order valence-electron chi connectivity index (χ0n) is 39.0. The molecule has 0 aromatic heterocycles. The molecule has 3 atom stereocenters. The van der Waals surface area contributed by atoms with Crippen molar-refractivity contribution in [1.82, 2.24) is 0 Å². The molecule has 0 radical (unpaired) electrons. The molecule has 0 amide bonds. The van der Waals surface area contributed by atoms with Crippen molar-refractivity contribution in [1.29, 1.82) is 10.5 Å². The van der Waals surface area contributed by atoms with Crippen molar-refractivity contribution < 1.29 is 52.6 Å². The Bertz CT molecular complexity index is 1310. The van der Waals surface area contributed by atoms with E-state index in [1.807, 2.05) is 25.2 Å². The zero-order valence-corrected chi connectivity index (χ0v) is 40.6. The van der Waals surface area contributed by atoms with E-state index in [4.69, 9.17) is 59.9 Å².